The first-order valence-corrected chi connectivity index (χ1v) is 6.67. The van der Waals surface area contributed by atoms with Crippen LogP contribution in [0.15, 0.2) is 36.4 Å². The normalized spacial score (nSPS) is 10.4. The number of carbonyl (C=O) groups excluding carboxylic acids is 1. The average molecular weight is 290 g/mol. The van der Waals surface area contributed by atoms with E-state index in [0.29, 0.717) is 10.6 Å². The number of carbonyl (C=O) groups is 1. The third-order valence-corrected chi connectivity index (χ3v) is 3.48. The SMILES string of the molecule is CC(=O)c1cc(Nc2ccc(C)c(CO)c2)ccc1Cl. The van der Waals surface area contributed by atoms with E-state index in [1.54, 1.807) is 12.1 Å². The van der Waals surface area contributed by atoms with Gasteiger partial charge in [-0.1, -0.05) is 17.7 Å². The minimum atomic E-state index is -0.0707. The van der Waals surface area contributed by atoms with Crippen LogP contribution in [0.3, 0.4) is 0 Å². The van der Waals surface area contributed by atoms with Crippen LogP contribution in [0, 0.1) is 6.92 Å². The summed E-state index contributed by atoms with van der Waals surface area (Å²) in [6, 6.07) is 11.0. The largest absolute Gasteiger partial charge is 0.392 e. The summed E-state index contributed by atoms with van der Waals surface area (Å²) in [5.41, 5.74) is 4.05. The van der Waals surface area contributed by atoms with E-state index in [2.05, 4.69) is 5.32 Å². The summed E-state index contributed by atoms with van der Waals surface area (Å²) >= 11 is 5.98. The highest BCUT2D eigenvalue weighted by Gasteiger charge is 2.07. The van der Waals surface area contributed by atoms with Gasteiger partial charge in [-0.15, -0.1) is 0 Å². The van der Waals surface area contributed by atoms with Crippen LogP contribution in [0.5, 0.6) is 0 Å². The lowest BCUT2D eigenvalue weighted by molar-refractivity contribution is 0.101. The molecule has 0 spiro atoms. The molecule has 104 valence electrons. The molecule has 2 aromatic carbocycles. The highest BCUT2D eigenvalue weighted by molar-refractivity contribution is 6.34. The van der Waals surface area contributed by atoms with E-state index in [1.807, 2.05) is 31.2 Å². The molecular formula is C16H16ClNO2. The Bertz CT molecular complexity index is 653. The number of rotatable bonds is 4. The van der Waals surface area contributed by atoms with Crippen molar-refractivity contribution < 1.29 is 9.90 Å². The van der Waals surface area contributed by atoms with E-state index in [1.165, 1.54) is 6.92 Å². The van der Waals surface area contributed by atoms with Crippen molar-refractivity contribution in [2.24, 2.45) is 0 Å². The average Bonchev–Trinajstić information content (AvgIpc) is 2.42. The molecule has 0 fully saturated rings. The zero-order valence-electron chi connectivity index (χ0n) is 11.4. The first kappa shape index (κ1) is 14.6. The van der Waals surface area contributed by atoms with Gasteiger partial charge in [0.15, 0.2) is 5.78 Å². The van der Waals surface area contributed by atoms with Crippen molar-refractivity contribution in [1.29, 1.82) is 0 Å². The van der Waals surface area contributed by atoms with Crippen molar-refractivity contribution in [2.75, 3.05) is 5.32 Å². The lowest BCUT2D eigenvalue weighted by Crippen LogP contribution is -1.98. The summed E-state index contributed by atoms with van der Waals surface area (Å²) in [4.78, 5) is 11.5. The maximum Gasteiger partial charge on any atom is 0.161 e. The molecule has 0 unspecified atom stereocenters. The molecule has 0 heterocycles. The van der Waals surface area contributed by atoms with E-state index in [9.17, 15) is 9.90 Å². The Morgan fingerprint density at radius 2 is 1.85 bits per heavy atom. The second kappa shape index (κ2) is 6.07. The Balaban J connectivity index is 2.30. The number of aliphatic hydroxyl groups is 1. The summed E-state index contributed by atoms with van der Waals surface area (Å²) in [5, 5.41) is 12.9. The van der Waals surface area contributed by atoms with Gasteiger partial charge < -0.3 is 10.4 Å². The van der Waals surface area contributed by atoms with Crippen molar-refractivity contribution >= 4 is 28.8 Å². The van der Waals surface area contributed by atoms with Gasteiger partial charge in [0.1, 0.15) is 0 Å². The quantitative estimate of drug-likeness (QED) is 0.834. The van der Waals surface area contributed by atoms with Crippen LogP contribution in [0.25, 0.3) is 0 Å². The van der Waals surface area contributed by atoms with E-state index in [4.69, 9.17) is 11.6 Å². The van der Waals surface area contributed by atoms with Crippen molar-refractivity contribution in [3.63, 3.8) is 0 Å². The molecule has 4 heteroatoms. The van der Waals surface area contributed by atoms with E-state index < -0.39 is 0 Å². The number of anilines is 2. The molecule has 0 radical (unpaired) electrons. The van der Waals surface area contributed by atoms with Gasteiger partial charge in [-0.3, -0.25) is 4.79 Å². The van der Waals surface area contributed by atoms with Gasteiger partial charge in [0.25, 0.3) is 0 Å². The van der Waals surface area contributed by atoms with E-state index in [-0.39, 0.29) is 12.4 Å². The Morgan fingerprint density at radius 3 is 2.50 bits per heavy atom. The number of Topliss-reactive ketones (excluding diaryl/α,β-unsaturated/α-hetero) is 1. The molecule has 2 aromatic rings. The van der Waals surface area contributed by atoms with Gasteiger partial charge in [0.05, 0.1) is 11.6 Å². The monoisotopic (exact) mass is 289 g/mol. The Morgan fingerprint density at radius 1 is 1.20 bits per heavy atom. The number of nitrogens with one attached hydrogen (secondary N) is 1. The van der Waals surface area contributed by atoms with Crippen LogP contribution in [-0.2, 0) is 6.61 Å². The fourth-order valence-corrected chi connectivity index (χ4v) is 2.21. The summed E-state index contributed by atoms with van der Waals surface area (Å²) in [7, 11) is 0. The summed E-state index contributed by atoms with van der Waals surface area (Å²) in [6.45, 7) is 3.44. The van der Waals surface area contributed by atoms with Gasteiger partial charge >= 0.3 is 0 Å². The Hall–Kier alpha value is -1.84. The van der Waals surface area contributed by atoms with Crippen molar-refractivity contribution in [1.82, 2.24) is 0 Å². The molecule has 0 saturated carbocycles. The third kappa shape index (κ3) is 3.18. The molecular weight excluding hydrogens is 274 g/mol. The molecule has 0 aliphatic rings. The molecule has 3 nitrogen and oxygen atoms in total. The standard InChI is InChI=1S/C16H16ClNO2/c1-10-3-4-13(7-12(10)9-19)18-14-5-6-16(17)15(8-14)11(2)20/h3-8,18-19H,9H2,1-2H3. The van der Waals surface area contributed by atoms with Gasteiger partial charge in [-0.2, -0.15) is 0 Å². The molecule has 2 rings (SSSR count). The molecule has 20 heavy (non-hydrogen) atoms. The second-order valence-corrected chi connectivity index (χ2v) is 5.08. The summed E-state index contributed by atoms with van der Waals surface area (Å²) < 4.78 is 0. The maximum atomic E-state index is 11.5. The molecule has 0 aliphatic heterocycles. The first-order chi connectivity index (χ1) is 9.51. The highest BCUT2D eigenvalue weighted by atomic mass is 35.5. The highest BCUT2D eigenvalue weighted by Crippen LogP contribution is 2.25. The number of aryl methyl sites for hydroxylation is 1. The van der Waals surface area contributed by atoms with Crippen LogP contribution < -0.4 is 5.32 Å². The van der Waals surface area contributed by atoms with Crippen LogP contribution in [0.4, 0.5) is 11.4 Å². The van der Waals surface area contributed by atoms with Crippen LogP contribution in [-0.4, -0.2) is 10.9 Å². The third-order valence-electron chi connectivity index (χ3n) is 3.15. The van der Waals surface area contributed by atoms with Gasteiger partial charge in [-0.25, -0.2) is 0 Å². The van der Waals surface area contributed by atoms with Crippen molar-refractivity contribution in [3.05, 3.63) is 58.1 Å². The smallest absolute Gasteiger partial charge is 0.161 e. The number of hydrogen-bond donors (Lipinski definition) is 2. The fourth-order valence-electron chi connectivity index (χ4n) is 1.96. The van der Waals surface area contributed by atoms with Gasteiger partial charge in [0.2, 0.25) is 0 Å². The van der Waals surface area contributed by atoms with Gasteiger partial charge in [0, 0.05) is 16.9 Å². The summed E-state index contributed by atoms with van der Waals surface area (Å²) in [6.07, 6.45) is 0. The van der Waals surface area contributed by atoms with Gasteiger partial charge in [-0.05, 0) is 55.3 Å². The molecule has 0 amide bonds. The molecule has 2 N–H and O–H groups in total. The molecule has 0 aromatic heterocycles. The van der Waals surface area contributed by atoms with Crippen LogP contribution in [0.2, 0.25) is 5.02 Å². The van der Waals surface area contributed by atoms with Crippen molar-refractivity contribution in [3.8, 4) is 0 Å². The Labute approximate surface area is 123 Å². The lowest BCUT2D eigenvalue weighted by Gasteiger charge is -2.11. The molecule has 0 bridgehead atoms. The van der Waals surface area contributed by atoms with E-state index in [0.717, 1.165) is 22.5 Å². The van der Waals surface area contributed by atoms with E-state index >= 15 is 0 Å². The van der Waals surface area contributed by atoms with Crippen LogP contribution >= 0.6 is 11.6 Å². The predicted molar refractivity (Wildman–Crippen MR) is 81.8 cm³/mol. The minimum Gasteiger partial charge on any atom is -0.392 e. The molecule has 0 saturated heterocycles. The number of halogens is 1. The maximum absolute atomic E-state index is 11.5. The fraction of sp³-hybridized carbons (Fsp3) is 0.188. The number of hydrogen-bond acceptors (Lipinski definition) is 3. The number of ketones is 1. The zero-order chi connectivity index (χ0) is 14.7. The second-order valence-electron chi connectivity index (χ2n) is 4.68. The zero-order valence-corrected chi connectivity index (χ0v) is 12.2. The predicted octanol–water partition coefficient (Wildman–Crippen LogP) is 4.09. The molecule has 0 aliphatic carbocycles. The molecule has 0 atom stereocenters. The summed E-state index contributed by atoms with van der Waals surface area (Å²) in [5.74, 6) is -0.0707. The topological polar surface area (TPSA) is 49.3 Å². The van der Waals surface area contributed by atoms with Crippen molar-refractivity contribution in [2.45, 2.75) is 20.5 Å². The van der Waals surface area contributed by atoms with Crippen LogP contribution in [0.1, 0.15) is 28.4 Å². The number of aliphatic hydroxyl groups excluding tert-OH is 1. The Kier molecular flexibility index (Phi) is 4.42. The minimum absolute atomic E-state index is 0.000662. The number of benzene rings is 2. The first-order valence-electron chi connectivity index (χ1n) is 6.29. The lowest BCUT2D eigenvalue weighted by atomic mass is 10.1.